The maximum Gasteiger partial charge on any atom is 0.133 e. The van der Waals surface area contributed by atoms with Gasteiger partial charge in [-0.25, -0.2) is 4.98 Å². The van der Waals surface area contributed by atoms with E-state index in [1.807, 2.05) is 0 Å². The smallest absolute Gasteiger partial charge is 0.133 e. The number of aromatic amines is 1. The van der Waals surface area contributed by atoms with Crippen molar-refractivity contribution in [3.05, 3.63) is 44.1 Å². The van der Waals surface area contributed by atoms with Gasteiger partial charge in [-0.3, -0.25) is 0 Å². The Bertz CT molecular complexity index is 526. The van der Waals surface area contributed by atoms with Gasteiger partial charge in [0.15, 0.2) is 0 Å². The Morgan fingerprint density at radius 2 is 2.31 bits per heavy atom. The molecule has 0 spiro atoms. The van der Waals surface area contributed by atoms with E-state index in [0.717, 1.165) is 34.6 Å². The molecule has 84 valence electrons. The van der Waals surface area contributed by atoms with Gasteiger partial charge >= 0.3 is 0 Å². The largest absolute Gasteiger partial charge is 0.347 e. The molecule has 0 saturated heterocycles. The molecular weight excluding hydrogens is 236 g/mol. The van der Waals surface area contributed by atoms with Crippen LogP contribution in [0, 0.1) is 11.6 Å². The molecule has 0 amide bonds. The molecule has 0 atom stereocenters. The fraction of sp³-hybridized carbons (Fsp3) is 0.333. The molecule has 2 nitrogen and oxygen atoms in total. The van der Waals surface area contributed by atoms with E-state index >= 15 is 0 Å². The van der Waals surface area contributed by atoms with Gasteiger partial charge in [-0.15, -0.1) is 11.3 Å². The minimum absolute atomic E-state index is 0.741. The van der Waals surface area contributed by atoms with Crippen LogP contribution in [0.5, 0.6) is 0 Å². The molecule has 2 aromatic heterocycles. The van der Waals surface area contributed by atoms with E-state index in [1.54, 1.807) is 11.3 Å². The van der Waals surface area contributed by atoms with Crippen LogP contribution >= 0.6 is 23.6 Å². The van der Waals surface area contributed by atoms with Crippen molar-refractivity contribution in [2.45, 2.75) is 26.7 Å². The van der Waals surface area contributed by atoms with E-state index < -0.39 is 0 Å². The topological polar surface area (TPSA) is 28.7 Å². The Morgan fingerprint density at radius 3 is 2.88 bits per heavy atom. The maximum atomic E-state index is 5.29. The minimum Gasteiger partial charge on any atom is -0.347 e. The number of nitrogens with zero attached hydrogens (tertiary/aromatic N) is 1. The van der Waals surface area contributed by atoms with Gasteiger partial charge in [0.1, 0.15) is 10.5 Å². The fourth-order valence-corrected chi connectivity index (χ4v) is 2.87. The second-order valence-corrected chi connectivity index (χ2v) is 5.12. The van der Waals surface area contributed by atoms with Crippen LogP contribution in [-0.4, -0.2) is 9.97 Å². The number of rotatable bonds is 3. The molecule has 0 radical (unpaired) electrons. The normalized spacial score (nSPS) is 10.6. The van der Waals surface area contributed by atoms with E-state index in [1.165, 1.54) is 4.88 Å². The molecule has 4 heteroatoms. The summed E-state index contributed by atoms with van der Waals surface area (Å²) in [5.74, 6) is 0.960. The zero-order valence-electron chi connectivity index (χ0n) is 9.41. The second kappa shape index (κ2) is 4.89. The van der Waals surface area contributed by atoms with Crippen LogP contribution in [0.1, 0.15) is 28.9 Å². The maximum absolute atomic E-state index is 5.29. The highest BCUT2D eigenvalue weighted by Gasteiger charge is 2.04. The molecule has 0 unspecified atom stereocenters. The molecule has 0 aliphatic rings. The summed E-state index contributed by atoms with van der Waals surface area (Å²) in [6.45, 7) is 4.17. The highest BCUT2D eigenvalue weighted by atomic mass is 32.1. The van der Waals surface area contributed by atoms with Crippen molar-refractivity contribution < 1.29 is 0 Å². The van der Waals surface area contributed by atoms with Crippen LogP contribution in [0.25, 0.3) is 0 Å². The Hall–Kier alpha value is -1.00. The first-order valence-electron chi connectivity index (χ1n) is 5.31. The van der Waals surface area contributed by atoms with Crippen molar-refractivity contribution in [2.75, 3.05) is 0 Å². The molecular formula is C12H14N2S2. The molecule has 2 aromatic rings. The van der Waals surface area contributed by atoms with Gasteiger partial charge in [0.05, 0.1) is 0 Å². The van der Waals surface area contributed by atoms with Crippen LogP contribution < -0.4 is 0 Å². The van der Waals surface area contributed by atoms with Gasteiger partial charge in [-0.2, -0.15) is 0 Å². The van der Waals surface area contributed by atoms with Gasteiger partial charge in [-0.1, -0.05) is 25.2 Å². The number of thiophene rings is 1. The zero-order chi connectivity index (χ0) is 11.5. The standard InChI is InChI=1S/C12H14N2S2/c1-3-10-8(2)13-11(14-12(10)15)7-9-5-4-6-16-9/h4-6H,3,7H2,1-2H3,(H,13,14,15). The summed E-state index contributed by atoms with van der Waals surface area (Å²) in [4.78, 5) is 9.09. The van der Waals surface area contributed by atoms with Crippen LogP contribution in [0.2, 0.25) is 0 Å². The van der Waals surface area contributed by atoms with Crippen LogP contribution in [-0.2, 0) is 12.8 Å². The molecule has 0 aromatic carbocycles. The lowest BCUT2D eigenvalue weighted by molar-refractivity contribution is 0.901. The summed E-state index contributed by atoms with van der Waals surface area (Å²) in [5.41, 5.74) is 2.30. The Balaban J connectivity index is 2.34. The Kier molecular flexibility index (Phi) is 3.51. The molecule has 0 bridgehead atoms. The van der Waals surface area contributed by atoms with Gasteiger partial charge in [-0.05, 0) is 24.8 Å². The second-order valence-electron chi connectivity index (χ2n) is 3.70. The number of aryl methyl sites for hydroxylation is 1. The molecule has 0 aliphatic heterocycles. The van der Waals surface area contributed by atoms with E-state index in [9.17, 15) is 0 Å². The average Bonchev–Trinajstić information content (AvgIpc) is 2.70. The molecule has 0 saturated carbocycles. The zero-order valence-corrected chi connectivity index (χ0v) is 11.0. The predicted molar refractivity (Wildman–Crippen MR) is 70.7 cm³/mol. The lowest BCUT2D eigenvalue weighted by atomic mass is 10.2. The lowest BCUT2D eigenvalue weighted by Gasteiger charge is -2.06. The third-order valence-corrected chi connectivity index (χ3v) is 3.77. The fourth-order valence-electron chi connectivity index (χ4n) is 1.75. The van der Waals surface area contributed by atoms with Crippen LogP contribution in [0.4, 0.5) is 0 Å². The molecule has 2 rings (SSSR count). The minimum atomic E-state index is 0.741. The summed E-state index contributed by atoms with van der Waals surface area (Å²) < 4.78 is 0.741. The first-order valence-corrected chi connectivity index (χ1v) is 6.60. The number of nitrogens with one attached hydrogen (secondary N) is 1. The number of aromatic nitrogens is 2. The van der Waals surface area contributed by atoms with Crippen molar-refractivity contribution in [3.8, 4) is 0 Å². The molecule has 0 fully saturated rings. The average molecular weight is 250 g/mol. The van der Waals surface area contributed by atoms with Crippen molar-refractivity contribution in [2.24, 2.45) is 0 Å². The third kappa shape index (κ3) is 2.39. The van der Waals surface area contributed by atoms with Crippen molar-refractivity contribution in [1.29, 1.82) is 0 Å². The SMILES string of the molecule is CCc1c(C)[nH]c(Cc2cccs2)nc1=S. The van der Waals surface area contributed by atoms with Crippen molar-refractivity contribution in [1.82, 2.24) is 9.97 Å². The van der Waals surface area contributed by atoms with Gasteiger partial charge < -0.3 is 4.98 Å². The van der Waals surface area contributed by atoms with Crippen molar-refractivity contribution >= 4 is 23.6 Å². The van der Waals surface area contributed by atoms with Crippen molar-refractivity contribution in [3.63, 3.8) is 0 Å². The highest BCUT2D eigenvalue weighted by molar-refractivity contribution is 7.71. The van der Waals surface area contributed by atoms with Gasteiger partial charge in [0.2, 0.25) is 0 Å². The molecule has 16 heavy (non-hydrogen) atoms. The van der Waals surface area contributed by atoms with Crippen LogP contribution in [0.15, 0.2) is 17.5 Å². The molecule has 2 heterocycles. The monoisotopic (exact) mass is 250 g/mol. The number of hydrogen-bond acceptors (Lipinski definition) is 3. The lowest BCUT2D eigenvalue weighted by Crippen LogP contribution is -2.02. The van der Waals surface area contributed by atoms with Crippen LogP contribution in [0.3, 0.4) is 0 Å². The summed E-state index contributed by atoms with van der Waals surface area (Å²) in [5, 5.41) is 2.08. The van der Waals surface area contributed by atoms with E-state index in [-0.39, 0.29) is 0 Å². The summed E-state index contributed by atoms with van der Waals surface area (Å²) in [6.07, 6.45) is 1.78. The molecule has 1 N–H and O–H groups in total. The van der Waals surface area contributed by atoms with E-state index in [0.29, 0.717) is 0 Å². The van der Waals surface area contributed by atoms with E-state index in [2.05, 4.69) is 41.3 Å². The quantitative estimate of drug-likeness (QED) is 0.842. The van der Waals surface area contributed by atoms with Gasteiger partial charge in [0, 0.05) is 22.6 Å². The Morgan fingerprint density at radius 1 is 1.50 bits per heavy atom. The number of H-pyrrole nitrogens is 1. The number of hydrogen-bond donors (Lipinski definition) is 1. The summed E-state index contributed by atoms with van der Waals surface area (Å²) in [6, 6.07) is 4.17. The highest BCUT2D eigenvalue weighted by Crippen LogP contribution is 2.14. The predicted octanol–water partition coefficient (Wildman–Crippen LogP) is 3.66. The molecule has 0 aliphatic carbocycles. The van der Waals surface area contributed by atoms with Gasteiger partial charge in [0.25, 0.3) is 0 Å². The van der Waals surface area contributed by atoms with E-state index in [4.69, 9.17) is 12.2 Å². The first kappa shape index (κ1) is 11.5. The third-order valence-electron chi connectivity index (χ3n) is 2.55. The Labute approximate surface area is 104 Å². The first-order chi connectivity index (χ1) is 7.70. The summed E-state index contributed by atoms with van der Waals surface area (Å²) >= 11 is 7.04. The summed E-state index contributed by atoms with van der Waals surface area (Å²) in [7, 11) is 0.